The maximum Gasteiger partial charge on any atom is 0.325 e. The van der Waals surface area contributed by atoms with Crippen molar-refractivity contribution in [2.45, 2.75) is 6.92 Å². The van der Waals surface area contributed by atoms with E-state index in [-0.39, 0.29) is 5.69 Å². The third-order valence-electron chi connectivity index (χ3n) is 2.61. The Labute approximate surface area is 114 Å². The predicted octanol–water partition coefficient (Wildman–Crippen LogP) is 1.11. The Bertz CT molecular complexity index is 757. The zero-order valence-corrected chi connectivity index (χ0v) is 10.8. The number of hydrogen-bond acceptors (Lipinski definition) is 3. The van der Waals surface area contributed by atoms with Crippen LogP contribution in [-0.4, -0.2) is 15.9 Å². The Morgan fingerprint density at radius 1 is 1.20 bits per heavy atom. The van der Waals surface area contributed by atoms with E-state index in [0.717, 1.165) is 11.8 Å². The standard InChI is InChI=1S/C14H13N3O3/c1-9(7-10-5-3-2-4-6-10)12(18)16-11-8-15-14(20)17-13(11)19/h2-8H,1H3,(H,16,18)(H2,15,17,19,20)/b9-7+. The first kappa shape index (κ1) is 13.5. The summed E-state index contributed by atoms with van der Waals surface area (Å²) in [6, 6.07) is 9.34. The SMILES string of the molecule is C/C(=C\c1ccccc1)C(=O)Nc1c[nH]c(=O)[nH]c1=O. The molecule has 1 amide bonds. The van der Waals surface area contributed by atoms with E-state index >= 15 is 0 Å². The molecule has 0 unspecified atom stereocenters. The van der Waals surface area contributed by atoms with Gasteiger partial charge in [0.2, 0.25) is 0 Å². The van der Waals surface area contributed by atoms with Gasteiger partial charge in [0.05, 0.1) is 0 Å². The Kier molecular flexibility index (Phi) is 3.95. The minimum Gasteiger partial charge on any atom is -0.316 e. The molecule has 0 atom stereocenters. The molecule has 1 heterocycles. The number of carbonyl (C=O) groups excluding carboxylic acids is 1. The summed E-state index contributed by atoms with van der Waals surface area (Å²) in [5, 5.41) is 2.44. The lowest BCUT2D eigenvalue weighted by molar-refractivity contribution is -0.112. The van der Waals surface area contributed by atoms with Crippen LogP contribution in [0.5, 0.6) is 0 Å². The van der Waals surface area contributed by atoms with Crippen LogP contribution in [0.1, 0.15) is 12.5 Å². The third-order valence-corrected chi connectivity index (χ3v) is 2.61. The van der Waals surface area contributed by atoms with E-state index < -0.39 is 17.2 Å². The number of rotatable bonds is 3. The summed E-state index contributed by atoms with van der Waals surface area (Å²) >= 11 is 0. The van der Waals surface area contributed by atoms with Crippen LogP contribution in [0.15, 0.2) is 51.7 Å². The van der Waals surface area contributed by atoms with Crippen molar-refractivity contribution in [3.63, 3.8) is 0 Å². The Morgan fingerprint density at radius 3 is 2.55 bits per heavy atom. The summed E-state index contributed by atoms with van der Waals surface area (Å²) in [6.45, 7) is 1.64. The second-order valence-corrected chi connectivity index (χ2v) is 4.18. The summed E-state index contributed by atoms with van der Waals surface area (Å²) in [4.78, 5) is 38.6. The molecule has 0 saturated carbocycles. The van der Waals surface area contributed by atoms with Crippen LogP contribution in [0.2, 0.25) is 0 Å². The van der Waals surface area contributed by atoms with Crippen molar-refractivity contribution in [2.75, 3.05) is 5.32 Å². The highest BCUT2D eigenvalue weighted by Crippen LogP contribution is 2.07. The second kappa shape index (κ2) is 5.83. The summed E-state index contributed by atoms with van der Waals surface area (Å²) < 4.78 is 0. The fourth-order valence-electron chi connectivity index (χ4n) is 1.59. The highest BCUT2D eigenvalue weighted by molar-refractivity contribution is 6.06. The Balaban J connectivity index is 2.18. The first-order chi connectivity index (χ1) is 9.56. The van der Waals surface area contributed by atoms with E-state index in [1.807, 2.05) is 35.3 Å². The number of hydrogen-bond donors (Lipinski definition) is 3. The molecule has 6 nitrogen and oxygen atoms in total. The number of benzene rings is 1. The quantitative estimate of drug-likeness (QED) is 0.730. The molecule has 0 aliphatic rings. The van der Waals surface area contributed by atoms with Gasteiger partial charge in [-0.05, 0) is 18.6 Å². The highest BCUT2D eigenvalue weighted by atomic mass is 16.2. The number of anilines is 1. The normalized spacial score (nSPS) is 11.2. The number of amides is 1. The van der Waals surface area contributed by atoms with Gasteiger partial charge in [-0.1, -0.05) is 30.3 Å². The van der Waals surface area contributed by atoms with Gasteiger partial charge in [0.25, 0.3) is 11.5 Å². The van der Waals surface area contributed by atoms with Crippen molar-refractivity contribution in [1.29, 1.82) is 0 Å². The van der Waals surface area contributed by atoms with Crippen LogP contribution >= 0.6 is 0 Å². The fourth-order valence-corrected chi connectivity index (χ4v) is 1.59. The van der Waals surface area contributed by atoms with E-state index in [2.05, 4.69) is 10.3 Å². The van der Waals surface area contributed by atoms with Gasteiger partial charge in [-0.2, -0.15) is 0 Å². The second-order valence-electron chi connectivity index (χ2n) is 4.18. The van der Waals surface area contributed by atoms with Crippen molar-refractivity contribution in [1.82, 2.24) is 9.97 Å². The lowest BCUT2D eigenvalue weighted by Gasteiger charge is -2.04. The number of H-pyrrole nitrogens is 2. The fraction of sp³-hybridized carbons (Fsp3) is 0.0714. The molecule has 2 aromatic rings. The van der Waals surface area contributed by atoms with Crippen molar-refractivity contribution in [3.8, 4) is 0 Å². The molecular formula is C14H13N3O3. The van der Waals surface area contributed by atoms with Gasteiger partial charge in [0.1, 0.15) is 5.69 Å². The monoisotopic (exact) mass is 271 g/mol. The van der Waals surface area contributed by atoms with Gasteiger partial charge >= 0.3 is 5.69 Å². The summed E-state index contributed by atoms with van der Waals surface area (Å²) in [7, 11) is 0. The van der Waals surface area contributed by atoms with Crippen molar-refractivity contribution in [2.24, 2.45) is 0 Å². The average molecular weight is 271 g/mol. The molecule has 102 valence electrons. The van der Waals surface area contributed by atoms with Gasteiger partial charge in [-0.15, -0.1) is 0 Å². The molecule has 0 radical (unpaired) electrons. The molecule has 1 aromatic heterocycles. The Hall–Kier alpha value is -2.89. The van der Waals surface area contributed by atoms with E-state index in [1.54, 1.807) is 13.0 Å². The van der Waals surface area contributed by atoms with Crippen LogP contribution in [0.25, 0.3) is 6.08 Å². The van der Waals surface area contributed by atoms with Crippen molar-refractivity contribution < 1.29 is 4.79 Å². The first-order valence-corrected chi connectivity index (χ1v) is 5.93. The Morgan fingerprint density at radius 2 is 1.90 bits per heavy atom. The third kappa shape index (κ3) is 3.32. The van der Waals surface area contributed by atoms with Crippen LogP contribution < -0.4 is 16.6 Å². The van der Waals surface area contributed by atoms with Crippen molar-refractivity contribution >= 4 is 17.7 Å². The van der Waals surface area contributed by atoms with E-state index in [9.17, 15) is 14.4 Å². The van der Waals surface area contributed by atoms with Gasteiger partial charge in [-0.3, -0.25) is 14.6 Å². The zero-order chi connectivity index (χ0) is 14.5. The van der Waals surface area contributed by atoms with E-state index in [0.29, 0.717) is 5.57 Å². The highest BCUT2D eigenvalue weighted by Gasteiger charge is 2.08. The zero-order valence-electron chi connectivity index (χ0n) is 10.8. The largest absolute Gasteiger partial charge is 0.325 e. The maximum atomic E-state index is 11.9. The molecule has 0 bridgehead atoms. The van der Waals surface area contributed by atoms with Gasteiger partial charge < -0.3 is 10.3 Å². The summed E-state index contributed by atoms with van der Waals surface area (Å²) in [5.74, 6) is -0.411. The smallest absolute Gasteiger partial charge is 0.316 e. The van der Waals surface area contributed by atoms with Gasteiger partial charge in [0, 0.05) is 11.8 Å². The molecule has 2 rings (SSSR count). The van der Waals surface area contributed by atoms with Gasteiger partial charge in [0.15, 0.2) is 0 Å². The minimum atomic E-state index is -0.644. The van der Waals surface area contributed by atoms with Gasteiger partial charge in [-0.25, -0.2) is 4.79 Å². The van der Waals surface area contributed by atoms with Crippen LogP contribution in [-0.2, 0) is 4.79 Å². The molecular weight excluding hydrogens is 258 g/mol. The summed E-state index contributed by atoms with van der Waals surface area (Å²) in [6.07, 6.45) is 2.87. The molecule has 0 saturated heterocycles. The van der Waals surface area contributed by atoms with Crippen LogP contribution in [0.3, 0.4) is 0 Å². The van der Waals surface area contributed by atoms with E-state index in [1.165, 1.54) is 0 Å². The lowest BCUT2D eigenvalue weighted by Crippen LogP contribution is -2.26. The number of nitrogens with one attached hydrogen (secondary N) is 3. The average Bonchev–Trinajstić information content (AvgIpc) is 2.43. The van der Waals surface area contributed by atoms with Crippen molar-refractivity contribution in [3.05, 3.63) is 68.5 Å². The molecule has 20 heavy (non-hydrogen) atoms. The van der Waals surface area contributed by atoms with Crippen LogP contribution in [0.4, 0.5) is 5.69 Å². The molecule has 0 fully saturated rings. The number of aromatic nitrogens is 2. The molecule has 0 aliphatic carbocycles. The summed E-state index contributed by atoms with van der Waals surface area (Å²) in [5.41, 5.74) is 0.0619. The molecule has 3 N–H and O–H groups in total. The van der Waals surface area contributed by atoms with E-state index in [4.69, 9.17) is 0 Å². The molecule has 0 spiro atoms. The maximum absolute atomic E-state index is 11.9. The van der Waals surface area contributed by atoms with Crippen LogP contribution in [0, 0.1) is 0 Å². The topological polar surface area (TPSA) is 94.8 Å². The first-order valence-electron chi connectivity index (χ1n) is 5.93. The minimum absolute atomic E-state index is 0.00425. The number of carbonyl (C=O) groups is 1. The molecule has 0 aliphatic heterocycles. The number of aromatic amines is 2. The molecule has 6 heteroatoms. The predicted molar refractivity (Wildman–Crippen MR) is 76.4 cm³/mol. The molecule has 1 aromatic carbocycles. The lowest BCUT2D eigenvalue weighted by atomic mass is 10.1.